The van der Waals surface area contributed by atoms with E-state index in [9.17, 15) is 4.79 Å². The summed E-state index contributed by atoms with van der Waals surface area (Å²) in [6.07, 6.45) is 0. The molecule has 25 heavy (non-hydrogen) atoms. The van der Waals surface area contributed by atoms with Gasteiger partial charge in [-0.2, -0.15) is 0 Å². The van der Waals surface area contributed by atoms with Crippen LogP contribution >= 0.6 is 0 Å². The van der Waals surface area contributed by atoms with Gasteiger partial charge >= 0.3 is 0 Å². The van der Waals surface area contributed by atoms with Gasteiger partial charge in [0, 0.05) is 37.0 Å². The van der Waals surface area contributed by atoms with E-state index >= 15 is 0 Å². The highest BCUT2D eigenvalue weighted by Crippen LogP contribution is 2.29. The van der Waals surface area contributed by atoms with Crippen molar-refractivity contribution in [2.24, 2.45) is 5.73 Å². The van der Waals surface area contributed by atoms with E-state index in [-0.39, 0.29) is 5.91 Å². The Morgan fingerprint density at radius 3 is 2.28 bits per heavy atom. The zero-order valence-corrected chi connectivity index (χ0v) is 15.1. The highest BCUT2D eigenvalue weighted by atomic mass is 16.5. The Labute approximate surface area is 148 Å². The van der Waals surface area contributed by atoms with E-state index in [2.05, 4.69) is 10.6 Å². The fraction of sp³-hybridized carbons (Fsp3) is 0.316. The summed E-state index contributed by atoms with van der Waals surface area (Å²) in [7, 11) is 4.99. The second kappa shape index (κ2) is 8.39. The molecule has 0 unspecified atom stereocenters. The second-order valence-electron chi connectivity index (χ2n) is 5.63. The predicted molar refractivity (Wildman–Crippen MR) is 99.3 cm³/mol. The monoisotopic (exact) mass is 343 g/mol. The number of carbonyl (C=O) groups excluding carboxylic acids is 1. The van der Waals surface area contributed by atoms with Gasteiger partial charge in [0.15, 0.2) is 0 Å². The summed E-state index contributed by atoms with van der Waals surface area (Å²) >= 11 is 0. The molecule has 6 nitrogen and oxygen atoms in total. The molecule has 134 valence electrons. The summed E-state index contributed by atoms with van der Waals surface area (Å²) in [5.41, 5.74) is 9.98. The van der Waals surface area contributed by atoms with Gasteiger partial charge in [-0.15, -0.1) is 0 Å². The van der Waals surface area contributed by atoms with Gasteiger partial charge in [-0.05, 0) is 36.2 Å². The lowest BCUT2D eigenvalue weighted by Gasteiger charge is -2.14. The number of ether oxygens (including phenoxy) is 2. The number of nitrogens with two attached hydrogens (primary N) is 1. The lowest BCUT2D eigenvalue weighted by Crippen LogP contribution is -2.23. The van der Waals surface area contributed by atoms with Crippen LogP contribution in [0.2, 0.25) is 0 Å². The Hall–Kier alpha value is -2.73. The minimum absolute atomic E-state index is 0.193. The molecule has 0 saturated heterocycles. The quantitative estimate of drug-likeness (QED) is 0.719. The second-order valence-corrected chi connectivity index (χ2v) is 5.63. The first-order chi connectivity index (χ1) is 12.0. The molecule has 6 heteroatoms. The van der Waals surface area contributed by atoms with E-state index in [0.717, 1.165) is 22.4 Å². The molecule has 1 amide bonds. The molecule has 2 aromatic carbocycles. The van der Waals surface area contributed by atoms with Gasteiger partial charge in [-0.3, -0.25) is 4.79 Å². The summed E-state index contributed by atoms with van der Waals surface area (Å²) in [5, 5.41) is 6.06. The maximum absolute atomic E-state index is 12.5. The van der Waals surface area contributed by atoms with Crippen LogP contribution in [0, 0.1) is 6.92 Å². The van der Waals surface area contributed by atoms with E-state index in [0.29, 0.717) is 30.2 Å². The lowest BCUT2D eigenvalue weighted by atomic mass is 10.1. The summed E-state index contributed by atoms with van der Waals surface area (Å²) in [5.74, 6) is 1.04. The van der Waals surface area contributed by atoms with Crippen LogP contribution in [0.1, 0.15) is 27.0 Å². The van der Waals surface area contributed by atoms with Gasteiger partial charge < -0.3 is 25.8 Å². The van der Waals surface area contributed by atoms with Crippen LogP contribution in [-0.2, 0) is 13.1 Å². The van der Waals surface area contributed by atoms with Crippen LogP contribution in [0.3, 0.4) is 0 Å². The number of methoxy groups -OCH3 is 2. The number of amides is 1. The SMILES string of the molecule is CNc1cc(CN)ccc1CNC(=O)c1cc(OC)c(C)c(OC)c1. The van der Waals surface area contributed by atoms with E-state index in [4.69, 9.17) is 15.2 Å². The first-order valence-electron chi connectivity index (χ1n) is 8.04. The van der Waals surface area contributed by atoms with Gasteiger partial charge in [0.25, 0.3) is 5.91 Å². The summed E-state index contributed by atoms with van der Waals surface area (Å²) in [6.45, 7) is 2.76. The number of carbonyl (C=O) groups is 1. The van der Waals surface area contributed by atoms with Crippen molar-refractivity contribution in [1.29, 1.82) is 0 Å². The van der Waals surface area contributed by atoms with Crippen molar-refractivity contribution < 1.29 is 14.3 Å². The van der Waals surface area contributed by atoms with Crippen molar-refractivity contribution in [1.82, 2.24) is 5.32 Å². The van der Waals surface area contributed by atoms with Gasteiger partial charge in [0.2, 0.25) is 0 Å². The van der Waals surface area contributed by atoms with E-state index in [1.807, 2.05) is 32.2 Å². The van der Waals surface area contributed by atoms with Crippen molar-refractivity contribution in [2.45, 2.75) is 20.0 Å². The van der Waals surface area contributed by atoms with Gasteiger partial charge in [-0.25, -0.2) is 0 Å². The number of hydrogen-bond donors (Lipinski definition) is 3. The maximum Gasteiger partial charge on any atom is 0.251 e. The Balaban J connectivity index is 2.18. The molecule has 4 N–H and O–H groups in total. The van der Waals surface area contributed by atoms with Gasteiger partial charge in [0.05, 0.1) is 14.2 Å². The van der Waals surface area contributed by atoms with Crippen LogP contribution < -0.4 is 25.8 Å². The van der Waals surface area contributed by atoms with E-state index in [1.165, 1.54) is 0 Å². The maximum atomic E-state index is 12.5. The molecule has 0 aliphatic heterocycles. The standard InChI is InChI=1S/C19H25N3O3/c1-12-17(24-3)8-15(9-18(12)25-4)19(23)22-11-14-6-5-13(10-20)7-16(14)21-2/h5-9,21H,10-11,20H2,1-4H3,(H,22,23). The number of benzene rings is 2. The van der Waals surface area contributed by atoms with Gasteiger partial charge in [0.1, 0.15) is 11.5 Å². The zero-order chi connectivity index (χ0) is 18.4. The smallest absolute Gasteiger partial charge is 0.251 e. The molecule has 2 rings (SSSR count). The van der Waals surface area contributed by atoms with Crippen molar-refractivity contribution in [3.8, 4) is 11.5 Å². The van der Waals surface area contributed by atoms with Crippen LogP contribution in [0.15, 0.2) is 30.3 Å². The predicted octanol–water partition coefficient (Wildman–Crippen LogP) is 2.44. The molecule has 0 aliphatic rings. The molecule has 0 spiro atoms. The highest BCUT2D eigenvalue weighted by Gasteiger charge is 2.14. The Kier molecular flexibility index (Phi) is 6.25. The molecule has 0 atom stereocenters. The fourth-order valence-electron chi connectivity index (χ4n) is 2.63. The largest absolute Gasteiger partial charge is 0.496 e. The molecule has 0 saturated carbocycles. The first kappa shape index (κ1) is 18.6. The molecule has 0 bridgehead atoms. The third-order valence-corrected chi connectivity index (χ3v) is 4.13. The molecular weight excluding hydrogens is 318 g/mol. The zero-order valence-electron chi connectivity index (χ0n) is 15.1. The Morgan fingerprint density at radius 2 is 1.76 bits per heavy atom. The lowest BCUT2D eigenvalue weighted by molar-refractivity contribution is 0.0950. The third kappa shape index (κ3) is 4.22. The number of rotatable bonds is 7. The molecule has 0 heterocycles. The number of anilines is 1. The summed E-state index contributed by atoms with van der Waals surface area (Å²) in [4.78, 5) is 12.5. The fourth-order valence-corrected chi connectivity index (χ4v) is 2.63. The highest BCUT2D eigenvalue weighted by molar-refractivity contribution is 5.95. The van der Waals surface area contributed by atoms with Crippen LogP contribution in [0.4, 0.5) is 5.69 Å². The van der Waals surface area contributed by atoms with E-state index < -0.39 is 0 Å². The third-order valence-electron chi connectivity index (χ3n) is 4.13. The van der Waals surface area contributed by atoms with E-state index in [1.54, 1.807) is 26.4 Å². The Bertz CT molecular complexity index is 735. The van der Waals surface area contributed by atoms with Gasteiger partial charge in [-0.1, -0.05) is 12.1 Å². The minimum Gasteiger partial charge on any atom is -0.496 e. The normalized spacial score (nSPS) is 10.3. The van der Waals surface area contributed by atoms with Crippen LogP contribution in [0.25, 0.3) is 0 Å². The molecular formula is C19H25N3O3. The average Bonchev–Trinajstić information content (AvgIpc) is 2.65. The molecule has 2 aromatic rings. The molecule has 0 fully saturated rings. The number of hydrogen-bond acceptors (Lipinski definition) is 5. The van der Waals surface area contributed by atoms with Crippen molar-refractivity contribution >= 4 is 11.6 Å². The van der Waals surface area contributed by atoms with Crippen molar-refractivity contribution in [2.75, 3.05) is 26.6 Å². The minimum atomic E-state index is -0.193. The van der Waals surface area contributed by atoms with Crippen molar-refractivity contribution in [3.05, 3.63) is 52.6 Å². The summed E-state index contributed by atoms with van der Waals surface area (Å²) in [6, 6.07) is 9.33. The molecule has 0 aliphatic carbocycles. The summed E-state index contributed by atoms with van der Waals surface area (Å²) < 4.78 is 10.6. The van der Waals surface area contributed by atoms with Crippen LogP contribution in [0.5, 0.6) is 11.5 Å². The van der Waals surface area contributed by atoms with Crippen LogP contribution in [-0.4, -0.2) is 27.2 Å². The number of nitrogens with one attached hydrogen (secondary N) is 2. The molecule has 0 radical (unpaired) electrons. The van der Waals surface area contributed by atoms with Crippen molar-refractivity contribution in [3.63, 3.8) is 0 Å². The Morgan fingerprint density at radius 1 is 1.12 bits per heavy atom. The topological polar surface area (TPSA) is 85.6 Å². The average molecular weight is 343 g/mol. The molecule has 0 aromatic heterocycles. The first-order valence-corrected chi connectivity index (χ1v) is 8.04.